The maximum atomic E-state index is 8.34. The molecule has 0 bridgehead atoms. The van der Waals surface area contributed by atoms with E-state index in [1.54, 1.807) is 0 Å². The smallest absolute Gasteiger partial charge is 0.133 e. The average molecular weight is 386 g/mol. The van der Waals surface area contributed by atoms with Gasteiger partial charge in [-0.15, -0.1) is 0 Å². The number of hydrogen-bond donors (Lipinski definition) is 1. The molecular weight excluding hydrogens is 347 g/mol. The molecule has 0 aliphatic rings. The summed E-state index contributed by atoms with van der Waals surface area (Å²) in [5, 5.41) is 8.34. The minimum Gasteiger partial charge on any atom is -0.394 e. The van der Waals surface area contributed by atoms with Crippen LogP contribution in [0.15, 0.2) is 66.7 Å². The molecule has 0 fully saturated rings. The summed E-state index contributed by atoms with van der Waals surface area (Å²) in [7, 11) is 0. The van der Waals surface area contributed by atoms with Crippen LogP contribution in [-0.4, -0.2) is 44.9 Å². The summed E-state index contributed by atoms with van der Waals surface area (Å²) in [5.41, 5.74) is 1.46. The minimum absolute atomic E-state index is 0.0922. The van der Waals surface area contributed by atoms with Crippen molar-refractivity contribution in [3.63, 3.8) is 0 Å². The lowest BCUT2D eigenvalue weighted by molar-refractivity contribution is 0.0324. The molecule has 0 spiro atoms. The third kappa shape index (κ3) is 20.7. The summed E-state index contributed by atoms with van der Waals surface area (Å²) in [6.07, 6.45) is 4.79. The zero-order chi connectivity index (χ0) is 20.7. The minimum atomic E-state index is 0.0922. The van der Waals surface area contributed by atoms with E-state index >= 15 is 0 Å². The zero-order valence-corrected chi connectivity index (χ0v) is 18.1. The third-order valence-electron chi connectivity index (χ3n) is 3.77. The van der Waals surface area contributed by atoms with Crippen LogP contribution in [0.2, 0.25) is 20.0 Å². The number of aliphatic hydroxyl groups is 1. The highest BCUT2D eigenvalue weighted by Gasteiger charge is 1.98. The van der Waals surface area contributed by atoms with Crippen LogP contribution < -0.4 is 0 Å². The highest BCUT2D eigenvalue weighted by Crippen LogP contribution is 2.04. The summed E-state index contributed by atoms with van der Waals surface area (Å²) in [6, 6.07) is 22.7. The molecule has 0 aliphatic heterocycles. The fraction of sp³-hybridized carbons (Fsp3) is 0.500. The first-order chi connectivity index (χ1) is 13.7. The molecule has 28 heavy (non-hydrogen) atoms. The van der Waals surface area contributed by atoms with E-state index in [0.717, 1.165) is 26.2 Å². The lowest BCUT2D eigenvalue weighted by atomic mass is 9.51. The molecule has 2 rings (SSSR count). The SMILES string of the molecule is CB(C)CCc1ccccc1.CCCCOCCOCCO.c1ccccc1. The van der Waals surface area contributed by atoms with E-state index in [-0.39, 0.29) is 6.61 Å². The quantitative estimate of drug-likeness (QED) is 0.410. The Balaban J connectivity index is 0.000000407. The molecule has 0 aromatic heterocycles. The van der Waals surface area contributed by atoms with Crippen LogP contribution in [0, 0.1) is 0 Å². The second kappa shape index (κ2) is 21.7. The number of unbranched alkanes of at least 4 members (excludes halogenated alkanes) is 1. The first-order valence-corrected chi connectivity index (χ1v) is 10.5. The molecular formula is C24H39BO3. The Morgan fingerprint density at radius 3 is 1.71 bits per heavy atom. The van der Waals surface area contributed by atoms with Gasteiger partial charge < -0.3 is 14.6 Å². The van der Waals surface area contributed by atoms with E-state index in [1.807, 2.05) is 36.4 Å². The summed E-state index contributed by atoms with van der Waals surface area (Å²) in [4.78, 5) is 0. The number of hydrogen-bond acceptors (Lipinski definition) is 3. The Morgan fingerprint density at radius 1 is 0.750 bits per heavy atom. The van der Waals surface area contributed by atoms with Crippen molar-refractivity contribution in [3.05, 3.63) is 72.3 Å². The molecule has 0 heterocycles. The second-order valence-corrected chi connectivity index (χ2v) is 6.87. The van der Waals surface area contributed by atoms with Gasteiger partial charge in [0.2, 0.25) is 0 Å². The van der Waals surface area contributed by atoms with Crippen molar-refractivity contribution in [1.82, 2.24) is 0 Å². The average Bonchev–Trinajstić information content (AvgIpc) is 2.75. The van der Waals surface area contributed by atoms with Crippen LogP contribution >= 0.6 is 0 Å². The lowest BCUT2D eigenvalue weighted by Crippen LogP contribution is -2.07. The molecule has 0 aliphatic carbocycles. The van der Waals surface area contributed by atoms with Crippen molar-refractivity contribution >= 4 is 6.71 Å². The van der Waals surface area contributed by atoms with Crippen molar-refractivity contribution in [3.8, 4) is 0 Å². The van der Waals surface area contributed by atoms with Gasteiger partial charge in [0.1, 0.15) is 6.71 Å². The molecule has 4 heteroatoms. The van der Waals surface area contributed by atoms with Crippen molar-refractivity contribution in [2.24, 2.45) is 0 Å². The molecule has 2 aromatic carbocycles. The molecule has 0 saturated carbocycles. The van der Waals surface area contributed by atoms with Crippen LogP contribution in [0.25, 0.3) is 0 Å². The predicted molar refractivity (Wildman–Crippen MR) is 123 cm³/mol. The van der Waals surface area contributed by atoms with Crippen LogP contribution in [0.1, 0.15) is 25.3 Å². The maximum absolute atomic E-state index is 8.34. The van der Waals surface area contributed by atoms with Gasteiger partial charge in [-0.3, -0.25) is 0 Å². The van der Waals surface area contributed by atoms with Crippen molar-refractivity contribution in [2.45, 2.75) is 46.2 Å². The Labute approximate surface area is 173 Å². The molecule has 0 saturated heterocycles. The molecule has 3 nitrogen and oxygen atoms in total. The number of aryl methyl sites for hydroxylation is 1. The molecule has 0 amide bonds. The van der Waals surface area contributed by atoms with E-state index < -0.39 is 0 Å². The van der Waals surface area contributed by atoms with E-state index in [1.165, 1.54) is 18.3 Å². The molecule has 2 aromatic rings. The fourth-order valence-corrected chi connectivity index (χ4v) is 2.12. The van der Waals surface area contributed by atoms with Gasteiger partial charge in [-0.2, -0.15) is 0 Å². The largest absolute Gasteiger partial charge is 0.394 e. The summed E-state index contributed by atoms with van der Waals surface area (Å²) < 4.78 is 10.2. The van der Waals surface area contributed by atoms with Crippen molar-refractivity contribution in [1.29, 1.82) is 0 Å². The zero-order valence-electron chi connectivity index (χ0n) is 18.1. The first-order valence-electron chi connectivity index (χ1n) is 10.5. The molecule has 156 valence electrons. The Hall–Kier alpha value is -1.62. The lowest BCUT2D eigenvalue weighted by Gasteiger charge is -2.02. The van der Waals surface area contributed by atoms with E-state index in [2.05, 4.69) is 50.9 Å². The third-order valence-corrected chi connectivity index (χ3v) is 3.77. The Morgan fingerprint density at radius 2 is 1.25 bits per heavy atom. The van der Waals surface area contributed by atoms with Crippen LogP contribution in [0.4, 0.5) is 0 Å². The van der Waals surface area contributed by atoms with Crippen molar-refractivity contribution < 1.29 is 14.6 Å². The normalized spacial score (nSPS) is 9.57. The molecule has 1 N–H and O–H groups in total. The van der Waals surface area contributed by atoms with Gasteiger partial charge >= 0.3 is 0 Å². The monoisotopic (exact) mass is 386 g/mol. The van der Waals surface area contributed by atoms with Crippen LogP contribution in [0.5, 0.6) is 0 Å². The van der Waals surface area contributed by atoms with Gasteiger partial charge in [-0.25, -0.2) is 0 Å². The summed E-state index contributed by atoms with van der Waals surface area (Å²) in [5.74, 6) is 0. The summed E-state index contributed by atoms with van der Waals surface area (Å²) >= 11 is 0. The highest BCUT2D eigenvalue weighted by molar-refractivity contribution is 6.55. The van der Waals surface area contributed by atoms with E-state index in [0.29, 0.717) is 19.8 Å². The predicted octanol–water partition coefficient (Wildman–Crippen LogP) is 5.48. The number of benzene rings is 2. The van der Waals surface area contributed by atoms with Crippen LogP contribution in [-0.2, 0) is 15.9 Å². The van der Waals surface area contributed by atoms with Gasteiger partial charge in [-0.1, -0.05) is 100 Å². The van der Waals surface area contributed by atoms with Gasteiger partial charge in [0.15, 0.2) is 0 Å². The fourth-order valence-electron chi connectivity index (χ4n) is 2.12. The topological polar surface area (TPSA) is 38.7 Å². The van der Waals surface area contributed by atoms with Gasteiger partial charge in [0.25, 0.3) is 0 Å². The standard InChI is InChI=1S/C10H15B.C8H18O3.C6H6/c1-11(2)9-8-10-6-4-3-5-7-10;1-2-3-5-10-7-8-11-6-4-9;1-2-4-6-5-3-1/h3-7H,8-9H2,1-2H3;9H,2-8H2,1H3;1-6H. The molecule has 0 unspecified atom stereocenters. The second-order valence-electron chi connectivity index (χ2n) is 6.87. The van der Waals surface area contributed by atoms with Gasteiger partial charge in [0, 0.05) is 6.61 Å². The summed E-state index contributed by atoms with van der Waals surface area (Å²) in [6.45, 7) is 10.0. The van der Waals surface area contributed by atoms with E-state index in [4.69, 9.17) is 14.6 Å². The first kappa shape index (κ1) is 26.4. The Kier molecular flexibility index (Phi) is 20.4. The maximum Gasteiger partial charge on any atom is 0.133 e. The van der Waals surface area contributed by atoms with Gasteiger partial charge in [-0.05, 0) is 18.4 Å². The van der Waals surface area contributed by atoms with Gasteiger partial charge in [0.05, 0.1) is 26.4 Å². The number of rotatable bonds is 11. The highest BCUT2D eigenvalue weighted by atomic mass is 16.5. The van der Waals surface area contributed by atoms with E-state index in [9.17, 15) is 0 Å². The number of aliphatic hydroxyl groups excluding tert-OH is 1. The molecule has 0 atom stereocenters. The molecule has 0 radical (unpaired) electrons. The number of ether oxygens (including phenoxy) is 2. The Bertz CT molecular complexity index is 471. The van der Waals surface area contributed by atoms with Crippen LogP contribution in [0.3, 0.4) is 0 Å². The van der Waals surface area contributed by atoms with Crippen molar-refractivity contribution in [2.75, 3.05) is 33.0 Å².